The minimum atomic E-state index is 1.15. The van der Waals surface area contributed by atoms with Gasteiger partial charge in [0, 0.05) is 3.57 Å². The van der Waals surface area contributed by atoms with Gasteiger partial charge in [0.1, 0.15) is 0 Å². The van der Waals surface area contributed by atoms with E-state index in [1.54, 1.807) is 0 Å². The lowest BCUT2D eigenvalue weighted by molar-refractivity contribution is 0.991. The predicted octanol–water partition coefficient (Wildman–Crippen LogP) is 4.19. The van der Waals surface area contributed by atoms with Crippen molar-refractivity contribution in [2.24, 2.45) is 0 Å². The Morgan fingerprint density at radius 1 is 1.15 bits per heavy atom. The molecule has 0 fully saturated rings. The minimum absolute atomic E-state index is 1.15. The van der Waals surface area contributed by atoms with Crippen molar-refractivity contribution in [3.05, 3.63) is 45.6 Å². The van der Waals surface area contributed by atoms with Gasteiger partial charge in [-0.05, 0) is 59.5 Å². The molecule has 0 radical (unpaired) electrons. The van der Waals surface area contributed by atoms with Crippen molar-refractivity contribution in [1.29, 1.82) is 0 Å². The number of hydrogen-bond donors (Lipinski definition) is 0. The van der Waals surface area contributed by atoms with Crippen LogP contribution in [0, 0.1) is 3.57 Å². The van der Waals surface area contributed by atoms with Crippen molar-refractivity contribution in [2.45, 2.75) is 26.2 Å². The fraction of sp³-hybridized carbons (Fsp3) is 0.333. The van der Waals surface area contributed by atoms with Gasteiger partial charge in [-0.25, -0.2) is 0 Å². The standard InChI is InChI=1S/C12H15I/c1-2-3-4-5-6-11-7-9-12(13)10-8-11/h3-4,7-10H,2,5-6H2,1H3. The zero-order chi connectivity index (χ0) is 9.52. The Morgan fingerprint density at radius 2 is 1.85 bits per heavy atom. The number of aryl methyl sites for hydroxylation is 1. The Bertz CT molecular complexity index is 259. The molecule has 0 aromatic heterocycles. The summed E-state index contributed by atoms with van der Waals surface area (Å²) in [6, 6.07) is 8.75. The molecule has 1 aromatic rings. The van der Waals surface area contributed by atoms with Crippen LogP contribution in [0.4, 0.5) is 0 Å². The molecule has 0 unspecified atom stereocenters. The lowest BCUT2D eigenvalue weighted by Gasteiger charge is -1.97. The van der Waals surface area contributed by atoms with E-state index in [2.05, 4.69) is 65.9 Å². The summed E-state index contributed by atoms with van der Waals surface area (Å²) in [5, 5.41) is 0. The van der Waals surface area contributed by atoms with Crippen LogP contribution in [0.25, 0.3) is 0 Å². The molecule has 0 aliphatic heterocycles. The molecule has 1 heteroatoms. The summed E-state index contributed by atoms with van der Waals surface area (Å²) in [6.07, 6.45) is 7.96. The fourth-order valence-corrected chi connectivity index (χ4v) is 1.55. The van der Waals surface area contributed by atoms with Crippen molar-refractivity contribution in [3.8, 4) is 0 Å². The Kier molecular flexibility index (Phi) is 5.13. The lowest BCUT2D eigenvalue weighted by Crippen LogP contribution is -1.82. The van der Waals surface area contributed by atoms with Crippen molar-refractivity contribution >= 4 is 22.6 Å². The lowest BCUT2D eigenvalue weighted by atomic mass is 10.1. The summed E-state index contributed by atoms with van der Waals surface area (Å²) in [5.74, 6) is 0. The van der Waals surface area contributed by atoms with Gasteiger partial charge in [-0.2, -0.15) is 0 Å². The third-order valence-corrected chi connectivity index (χ3v) is 2.63. The van der Waals surface area contributed by atoms with Crippen LogP contribution in [-0.2, 0) is 6.42 Å². The molecule has 0 N–H and O–H groups in total. The average Bonchev–Trinajstić information content (AvgIpc) is 2.15. The molecular formula is C12H15I. The molecule has 0 saturated heterocycles. The Hall–Kier alpha value is -0.310. The van der Waals surface area contributed by atoms with Crippen LogP contribution >= 0.6 is 22.6 Å². The monoisotopic (exact) mass is 286 g/mol. The maximum absolute atomic E-state index is 2.33. The SMILES string of the molecule is CCC=CCCc1ccc(I)cc1. The van der Waals surface area contributed by atoms with Crippen molar-refractivity contribution < 1.29 is 0 Å². The van der Waals surface area contributed by atoms with E-state index in [-0.39, 0.29) is 0 Å². The van der Waals surface area contributed by atoms with Gasteiger partial charge in [-0.15, -0.1) is 0 Å². The van der Waals surface area contributed by atoms with Gasteiger partial charge in [-0.3, -0.25) is 0 Å². The predicted molar refractivity (Wildman–Crippen MR) is 66.9 cm³/mol. The van der Waals surface area contributed by atoms with Gasteiger partial charge < -0.3 is 0 Å². The minimum Gasteiger partial charge on any atom is -0.0888 e. The van der Waals surface area contributed by atoms with Crippen LogP contribution in [0.1, 0.15) is 25.3 Å². The maximum Gasteiger partial charge on any atom is 0.0130 e. The quantitative estimate of drug-likeness (QED) is 0.575. The molecule has 0 amide bonds. The zero-order valence-corrected chi connectivity index (χ0v) is 10.1. The van der Waals surface area contributed by atoms with E-state index < -0.39 is 0 Å². The first-order chi connectivity index (χ1) is 6.33. The second kappa shape index (κ2) is 6.19. The van der Waals surface area contributed by atoms with Gasteiger partial charge in [-0.1, -0.05) is 31.2 Å². The third kappa shape index (κ3) is 4.46. The van der Waals surface area contributed by atoms with Crippen LogP contribution in [0.2, 0.25) is 0 Å². The molecule has 0 nitrogen and oxygen atoms in total. The Labute approximate surface area is 94.2 Å². The number of halogens is 1. The second-order valence-corrected chi connectivity index (χ2v) is 4.29. The third-order valence-electron chi connectivity index (χ3n) is 1.92. The van der Waals surface area contributed by atoms with Gasteiger partial charge in [0.05, 0.1) is 0 Å². The normalized spacial score (nSPS) is 10.9. The van der Waals surface area contributed by atoms with E-state index in [9.17, 15) is 0 Å². The Morgan fingerprint density at radius 3 is 2.46 bits per heavy atom. The van der Waals surface area contributed by atoms with Crippen LogP contribution in [0.5, 0.6) is 0 Å². The van der Waals surface area contributed by atoms with E-state index >= 15 is 0 Å². The summed E-state index contributed by atoms with van der Waals surface area (Å²) in [6.45, 7) is 2.17. The van der Waals surface area contributed by atoms with Crippen molar-refractivity contribution in [3.63, 3.8) is 0 Å². The summed E-state index contributed by atoms with van der Waals surface area (Å²) >= 11 is 2.33. The number of allylic oxidation sites excluding steroid dienone is 2. The van der Waals surface area contributed by atoms with Gasteiger partial charge >= 0.3 is 0 Å². The summed E-state index contributed by atoms with van der Waals surface area (Å²) < 4.78 is 1.31. The van der Waals surface area contributed by atoms with E-state index in [4.69, 9.17) is 0 Å². The highest BCUT2D eigenvalue weighted by Gasteiger charge is 1.90. The van der Waals surface area contributed by atoms with Crippen LogP contribution < -0.4 is 0 Å². The molecule has 1 aromatic carbocycles. The van der Waals surface area contributed by atoms with E-state index in [1.807, 2.05) is 0 Å². The van der Waals surface area contributed by atoms with Crippen LogP contribution in [0.3, 0.4) is 0 Å². The molecule has 1 rings (SSSR count). The molecular weight excluding hydrogens is 271 g/mol. The molecule has 13 heavy (non-hydrogen) atoms. The molecule has 0 heterocycles. The number of hydrogen-bond acceptors (Lipinski definition) is 0. The van der Waals surface area contributed by atoms with E-state index in [1.165, 1.54) is 9.13 Å². The molecule has 70 valence electrons. The van der Waals surface area contributed by atoms with E-state index in [0.29, 0.717) is 0 Å². The molecule has 0 bridgehead atoms. The largest absolute Gasteiger partial charge is 0.0888 e. The van der Waals surface area contributed by atoms with Crippen molar-refractivity contribution in [2.75, 3.05) is 0 Å². The molecule has 0 aliphatic carbocycles. The van der Waals surface area contributed by atoms with Gasteiger partial charge in [0.15, 0.2) is 0 Å². The first kappa shape index (κ1) is 10.8. The fourth-order valence-electron chi connectivity index (χ4n) is 1.19. The summed E-state index contributed by atoms with van der Waals surface area (Å²) in [7, 11) is 0. The van der Waals surface area contributed by atoms with Crippen LogP contribution in [0.15, 0.2) is 36.4 Å². The second-order valence-electron chi connectivity index (χ2n) is 3.04. The highest BCUT2D eigenvalue weighted by molar-refractivity contribution is 14.1. The topological polar surface area (TPSA) is 0 Å². The highest BCUT2D eigenvalue weighted by Crippen LogP contribution is 2.08. The van der Waals surface area contributed by atoms with Gasteiger partial charge in [0.2, 0.25) is 0 Å². The first-order valence-corrected chi connectivity index (χ1v) is 5.80. The van der Waals surface area contributed by atoms with E-state index in [0.717, 1.165) is 19.3 Å². The summed E-state index contributed by atoms with van der Waals surface area (Å²) in [5.41, 5.74) is 1.43. The Balaban J connectivity index is 2.37. The molecule has 0 atom stereocenters. The smallest absolute Gasteiger partial charge is 0.0130 e. The average molecular weight is 286 g/mol. The molecule has 0 aliphatic rings. The van der Waals surface area contributed by atoms with Gasteiger partial charge in [0.25, 0.3) is 0 Å². The van der Waals surface area contributed by atoms with Crippen molar-refractivity contribution in [1.82, 2.24) is 0 Å². The van der Waals surface area contributed by atoms with Crippen LogP contribution in [-0.4, -0.2) is 0 Å². The maximum atomic E-state index is 2.33. The highest BCUT2D eigenvalue weighted by atomic mass is 127. The first-order valence-electron chi connectivity index (χ1n) is 4.72. The number of rotatable bonds is 4. The number of benzene rings is 1. The zero-order valence-electron chi connectivity index (χ0n) is 7.96. The summed E-state index contributed by atoms with van der Waals surface area (Å²) in [4.78, 5) is 0. The molecule has 0 saturated carbocycles. The molecule has 0 spiro atoms.